The predicted molar refractivity (Wildman–Crippen MR) is 164 cm³/mol. The van der Waals surface area contributed by atoms with E-state index in [1.54, 1.807) is 12.1 Å². The van der Waals surface area contributed by atoms with Crippen molar-refractivity contribution in [2.24, 2.45) is 21.7 Å². The molecule has 2 aliphatic rings. The highest BCUT2D eigenvalue weighted by atomic mass is 16.2. The lowest BCUT2D eigenvalue weighted by atomic mass is 9.69. The molecule has 0 saturated heterocycles. The Morgan fingerprint density at radius 3 is 2.26 bits per heavy atom. The Labute approximate surface area is 248 Å². The van der Waals surface area contributed by atoms with Crippen molar-refractivity contribution in [3.05, 3.63) is 71.3 Å². The first-order valence-electron chi connectivity index (χ1n) is 15.0. The Morgan fingerprint density at radius 2 is 1.69 bits per heavy atom. The molecule has 1 aliphatic carbocycles. The van der Waals surface area contributed by atoms with E-state index < -0.39 is 5.66 Å². The summed E-state index contributed by atoms with van der Waals surface area (Å²) < 4.78 is 0. The highest BCUT2D eigenvalue weighted by Gasteiger charge is 2.52. The molecular formula is C33H43N7O2. The average molecular weight is 570 g/mol. The fourth-order valence-electron chi connectivity index (χ4n) is 6.39. The molecule has 0 bridgehead atoms. The molecule has 1 aromatic heterocycles. The Kier molecular flexibility index (Phi) is 8.05. The average Bonchev–Trinajstić information content (AvgIpc) is 3.55. The lowest BCUT2D eigenvalue weighted by molar-refractivity contribution is -0.134. The molecule has 3 aromatic rings. The third-order valence-corrected chi connectivity index (χ3v) is 8.86. The van der Waals surface area contributed by atoms with Gasteiger partial charge in [0.05, 0.1) is 6.04 Å². The number of carbonyl (C=O) groups excluding carboxylic acids is 2. The van der Waals surface area contributed by atoms with Crippen LogP contribution in [0.3, 0.4) is 0 Å². The van der Waals surface area contributed by atoms with E-state index in [0.29, 0.717) is 17.2 Å². The molecule has 5 rings (SSSR count). The molecule has 1 fully saturated rings. The molecular weight excluding hydrogens is 526 g/mol. The van der Waals surface area contributed by atoms with Gasteiger partial charge in [0, 0.05) is 11.1 Å². The van der Waals surface area contributed by atoms with Crippen LogP contribution in [-0.2, 0) is 4.79 Å². The minimum atomic E-state index is -0.582. The van der Waals surface area contributed by atoms with E-state index in [1.807, 2.05) is 42.5 Å². The quantitative estimate of drug-likeness (QED) is 0.333. The van der Waals surface area contributed by atoms with E-state index in [4.69, 9.17) is 4.99 Å². The predicted octanol–water partition coefficient (Wildman–Crippen LogP) is 6.58. The van der Waals surface area contributed by atoms with Crippen LogP contribution in [0.1, 0.15) is 108 Å². The van der Waals surface area contributed by atoms with Crippen molar-refractivity contribution >= 4 is 23.5 Å². The molecule has 2 heterocycles. The summed E-state index contributed by atoms with van der Waals surface area (Å²) in [6, 6.07) is 17.2. The molecule has 42 heavy (non-hydrogen) atoms. The molecule has 0 radical (unpaired) electrons. The SMILES string of the molecule is CC(C)(C)CCC(c1ccc(C(=O)Nc2nn[nH]n2)cc1)N1C(=O)C(c2ccccc2)=NC12CCC(C(C)(C)C)CC2. The van der Waals surface area contributed by atoms with Crippen LogP contribution in [0.2, 0.25) is 0 Å². The van der Waals surface area contributed by atoms with Crippen molar-refractivity contribution in [3.63, 3.8) is 0 Å². The fraction of sp³-hybridized carbons (Fsp3) is 0.515. The lowest BCUT2D eigenvalue weighted by Crippen LogP contribution is -2.51. The number of aromatic nitrogens is 4. The maximum atomic E-state index is 14.5. The largest absolute Gasteiger partial charge is 0.305 e. The number of aromatic amines is 1. The van der Waals surface area contributed by atoms with Gasteiger partial charge < -0.3 is 4.90 Å². The molecule has 2 amide bonds. The smallest absolute Gasteiger partial charge is 0.275 e. The van der Waals surface area contributed by atoms with E-state index in [0.717, 1.165) is 49.7 Å². The van der Waals surface area contributed by atoms with Crippen molar-refractivity contribution in [3.8, 4) is 0 Å². The Hall–Kier alpha value is -3.88. The van der Waals surface area contributed by atoms with Crippen molar-refractivity contribution in [1.82, 2.24) is 25.5 Å². The molecule has 1 atom stereocenters. The highest BCUT2D eigenvalue weighted by Crippen LogP contribution is 2.50. The number of aliphatic imine (C=N–C) groups is 1. The zero-order chi connectivity index (χ0) is 30.1. The fourth-order valence-corrected chi connectivity index (χ4v) is 6.39. The molecule has 1 unspecified atom stereocenters. The zero-order valence-corrected chi connectivity index (χ0v) is 25.6. The van der Waals surface area contributed by atoms with Crippen LogP contribution < -0.4 is 5.32 Å². The van der Waals surface area contributed by atoms with Crippen LogP contribution in [0.4, 0.5) is 5.95 Å². The number of H-pyrrole nitrogens is 1. The number of rotatable bonds is 7. The van der Waals surface area contributed by atoms with Crippen molar-refractivity contribution < 1.29 is 9.59 Å². The number of carbonyl (C=O) groups is 2. The number of benzene rings is 2. The first kappa shape index (κ1) is 29.6. The second kappa shape index (κ2) is 11.4. The monoisotopic (exact) mass is 569 g/mol. The van der Waals surface area contributed by atoms with Gasteiger partial charge in [0.2, 0.25) is 0 Å². The maximum absolute atomic E-state index is 14.5. The molecule has 1 saturated carbocycles. The number of tetrazole rings is 1. The van der Waals surface area contributed by atoms with E-state index in [2.05, 4.69) is 72.4 Å². The van der Waals surface area contributed by atoms with Crippen LogP contribution in [-0.4, -0.2) is 48.7 Å². The summed E-state index contributed by atoms with van der Waals surface area (Å²) in [5.74, 6) is 0.376. The van der Waals surface area contributed by atoms with Crippen molar-refractivity contribution in [2.75, 3.05) is 5.32 Å². The number of nitrogens with zero attached hydrogens (tertiary/aromatic N) is 5. The van der Waals surface area contributed by atoms with Crippen molar-refractivity contribution in [1.29, 1.82) is 0 Å². The molecule has 1 spiro atoms. The standard InChI is InChI=1S/C33H43N7O2/c1-31(2,3)19-18-26(22-12-14-24(15-13-22)28(41)34-30-36-38-39-37-30)40-29(42)27(23-10-8-7-9-11-23)35-33(40)20-16-25(17-21-33)32(4,5)6/h7-15,25-26H,16-21H2,1-6H3,(H2,34,36,37,38,39,41). The van der Waals surface area contributed by atoms with Crippen LogP contribution in [0.15, 0.2) is 59.6 Å². The van der Waals surface area contributed by atoms with Gasteiger partial charge in [-0.1, -0.05) is 89.1 Å². The van der Waals surface area contributed by atoms with E-state index in [9.17, 15) is 9.59 Å². The Morgan fingerprint density at radius 1 is 1.02 bits per heavy atom. The van der Waals surface area contributed by atoms with Gasteiger partial charge >= 0.3 is 0 Å². The molecule has 1 aliphatic heterocycles. The summed E-state index contributed by atoms with van der Waals surface area (Å²) in [4.78, 5) is 34.7. The van der Waals surface area contributed by atoms with Gasteiger partial charge in [0.25, 0.3) is 17.8 Å². The van der Waals surface area contributed by atoms with E-state index in [-0.39, 0.29) is 34.6 Å². The first-order chi connectivity index (χ1) is 19.9. The zero-order valence-electron chi connectivity index (χ0n) is 25.6. The Balaban J connectivity index is 1.51. The van der Waals surface area contributed by atoms with Gasteiger partial charge in [-0.05, 0) is 78.2 Å². The maximum Gasteiger partial charge on any atom is 0.275 e. The topological polar surface area (TPSA) is 116 Å². The number of hydrogen-bond donors (Lipinski definition) is 2. The number of amides is 2. The summed E-state index contributed by atoms with van der Waals surface area (Å²) >= 11 is 0. The van der Waals surface area contributed by atoms with Gasteiger partial charge in [-0.3, -0.25) is 19.9 Å². The summed E-state index contributed by atoms with van der Waals surface area (Å²) in [7, 11) is 0. The normalized spacial score (nSPS) is 21.9. The molecule has 9 nitrogen and oxygen atoms in total. The first-order valence-corrected chi connectivity index (χ1v) is 15.0. The highest BCUT2D eigenvalue weighted by molar-refractivity contribution is 6.46. The summed E-state index contributed by atoms with van der Waals surface area (Å²) in [5.41, 5.74) is 2.63. The number of nitrogens with one attached hydrogen (secondary N) is 2. The van der Waals surface area contributed by atoms with Gasteiger partial charge in [0.1, 0.15) is 11.4 Å². The van der Waals surface area contributed by atoms with Gasteiger partial charge in [0.15, 0.2) is 0 Å². The van der Waals surface area contributed by atoms with E-state index >= 15 is 0 Å². The molecule has 9 heteroatoms. The minimum Gasteiger partial charge on any atom is -0.305 e. The molecule has 2 N–H and O–H groups in total. The van der Waals surface area contributed by atoms with Crippen LogP contribution in [0.25, 0.3) is 0 Å². The third kappa shape index (κ3) is 6.30. The van der Waals surface area contributed by atoms with Gasteiger partial charge in [-0.25, -0.2) is 0 Å². The molecule has 2 aromatic carbocycles. The van der Waals surface area contributed by atoms with Crippen LogP contribution in [0.5, 0.6) is 0 Å². The molecule has 222 valence electrons. The van der Waals surface area contributed by atoms with Crippen LogP contribution in [0, 0.1) is 16.7 Å². The summed E-state index contributed by atoms with van der Waals surface area (Å²) in [6.07, 6.45) is 5.47. The summed E-state index contributed by atoms with van der Waals surface area (Å²) in [5, 5.41) is 16.1. The van der Waals surface area contributed by atoms with Crippen LogP contribution >= 0.6 is 0 Å². The lowest BCUT2D eigenvalue weighted by Gasteiger charge is -2.47. The van der Waals surface area contributed by atoms with E-state index in [1.165, 1.54) is 0 Å². The second-order valence-electron chi connectivity index (χ2n) is 14.1. The van der Waals surface area contributed by atoms with Gasteiger partial charge in [-0.2, -0.15) is 5.21 Å². The second-order valence-corrected chi connectivity index (χ2v) is 14.1. The summed E-state index contributed by atoms with van der Waals surface area (Å²) in [6.45, 7) is 13.6. The van der Waals surface area contributed by atoms with Crippen molar-refractivity contribution in [2.45, 2.75) is 91.8 Å². The van der Waals surface area contributed by atoms with Gasteiger partial charge in [-0.15, -0.1) is 5.10 Å². The minimum absolute atomic E-state index is 0.00626. The number of anilines is 1. The third-order valence-electron chi connectivity index (χ3n) is 8.86. The number of hydrogen-bond acceptors (Lipinski definition) is 6. The Bertz CT molecular complexity index is 1410.